The van der Waals surface area contributed by atoms with Crippen molar-refractivity contribution in [1.29, 1.82) is 0 Å². The van der Waals surface area contributed by atoms with Crippen LogP contribution in [0.4, 0.5) is 0 Å². The van der Waals surface area contributed by atoms with Crippen molar-refractivity contribution >= 4 is 29.9 Å². The van der Waals surface area contributed by atoms with Crippen molar-refractivity contribution in [3.63, 3.8) is 0 Å². The second-order valence-corrected chi connectivity index (χ2v) is 8.11. The number of guanidine groups is 1. The molecule has 1 aliphatic heterocycles. The predicted molar refractivity (Wildman–Crippen MR) is 140 cm³/mol. The van der Waals surface area contributed by atoms with Crippen molar-refractivity contribution in [3.05, 3.63) is 78.2 Å². The molecule has 1 aromatic heterocycles. The number of hydrogen-bond donors (Lipinski definition) is 2. The van der Waals surface area contributed by atoms with Crippen LogP contribution >= 0.6 is 24.0 Å². The lowest BCUT2D eigenvalue weighted by molar-refractivity contribution is 0.134. The zero-order valence-electron chi connectivity index (χ0n) is 18.7. The van der Waals surface area contributed by atoms with Crippen molar-refractivity contribution < 1.29 is 4.42 Å². The summed E-state index contributed by atoms with van der Waals surface area (Å²) in [5.74, 6) is 1.44. The molecule has 4 rings (SSSR count). The minimum atomic E-state index is 0. The molecule has 2 heterocycles. The lowest BCUT2D eigenvalue weighted by atomic mass is 9.97. The SMILES string of the molecule is CN=C(NCc1coc(-c2ccccc2)n1)NC1CCN(Cc2ccccc2)C(C)C1.I. The van der Waals surface area contributed by atoms with Gasteiger partial charge in [0.05, 0.1) is 12.2 Å². The number of halogens is 1. The highest BCUT2D eigenvalue weighted by atomic mass is 127. The Bertz CT molecular complexity index is 976. The molecule has 0 saturated carbocycles. The van der Waals surface area contributed by atoms with Crippen LogP contribution < -0.4 is 10.6 Å². The highest BCUT2D eigenvalue weighted by Crippen LogP contribution is 2.20. The van der Waals surface area contributed by atoms with E-state index in [0.717, 1.165) is 43.1 Å². The van der Waals surface area contributed by atoms with E-state index in [1.165, 1.54) is 5.56 Å². The van der Waals surface area contributed by atoms with E-state index in [9.17, 15) is 0 Å². The van der Waals surface area contributed by atoms with E-state index >= 15 is 0 Å². The zero-order chi connectivity index (χ0) is 21.5. The van der Waals surface area contributed by atoms with Crippen molar-refractivity contribution in [3.8, 4) is 11.5 Å². The molecule has 1 fully saturated rings. The topological polar surface area (TPSA) is 65.7 Å². The van der Waals surface area contributed by atoms with Crippen molar-refractivity contribution in [2.24, 2.45) is 4.99 Å². The van der Waals surface area contributed by atoms with Gasteiger partial charge < -0.3 is 15.1 Å². The van der Waals surface area contributed by atoms with Gasteiger partial charge in [-0.2, -0.15) is 0 Å². The Kier molecular flexibility index (Phi) is 9.11. The molecule has 1 saturated heterocycles. The molecule has 2 atom stereocenters. The van der Waals surface area contributed by atoms with Crippen molar-refractivity contribution in [2.75, 3.05) is 13.6 Å². The maximum atomic E-state index is 5.62. The van der Waals surface area contributed by atoms with Crippen LogP contribution in [0.2, 0.25) is 0 Å². The van der Waals surface area contributed by atoms with E-state index < -0.39 is 0 Å². The average molecular weight is 545 g/mol. The molecule has 1 aliphatic rings. The third-order valence-electron chi connectivity index (χ3n) is 5.82. The summed E-state index contributed by atoms with van der Waals surface area (Å²) in [6.07, 6.45) is 3.89. The van der Waals surface area contributed by atoms with Gasteiger partial charge in [0.15, 0.2) is 5.96 Å². The van der Waals surface area contributed by atoms with E-state index in [1.54, 1.807) is 6.26 Å². The van der Waals surface area contributed by atoms with Gasteiger partial charge in [0.2, 0.25) is 5.89 Å². The summed E-state index contributed by atoms with van der Waals surface area (Å²) in [7, 11) is 1.81. The number of aromatic nitrogens is 1. The van der Waals surface area contributed by atoms with Gasteiger partial charge in [-0.15, -0.1) is 24.0 Å². The molecule has 0 bridgehead atoms. The summed E-state index contributed by atoms with van der Waals surface area (Å²) < 4.78 is 5.62. The lowest BCUT2D eigenvalue weighted by Gasteiger charge is -2.38. The van der Waals surface area contributed by atoms with Crippen LogP contribution in [0.1, 0.15) is 31.0 Å². The largest absolute Gasteiger partial charge is 0.444 e. The molecule has 0 spiro atoms. The third-order valence-corrected chi connectivity index (χ3v) is 5.82. The van der Waals surface area contributed by atoms with Gasteiger partial charge in [-0.1, -0.05) is 48.5 Å². The number of likely N-dealkylation sites (tertiary alicyclic amines) is 1. The zero-order valence-corrected chi connectivity index (χ0v) is 21.0. The first kappa shape index (κ1) is 24.3. The molecule has 2 unspecified atom stereocenters. The maximum Gasteiger partial charge on any atom is 0.226 e. The van der Waals surface area contributed by atoms with Gasteiger partial charge in [-0.25, -0.2) is 4.98 Å². The molecule has 2 N–H and O–H groups in total. The number of aliphatic imine (C=N–C) groups is 1. The Morgan fingerprint density at radius 2 is 1.84 bits per heavy atom. The Morgan fingerprint density at radius 1 is 1.12 bits per heavy atom. The summed E-state index contributed by atoms with van der Waals surface area (Å²) in [6, 6.07) is 21.6. The molecular formula is C25H32IN5O. The Balaban J connectivity index is 0.00000289. The number of oxazole rings is 1. The number of rotatable bonds is 6. The van der Waals surface area contributed by atoms with Crippen LogP contribution in [-0.4, -0.2) is 41.5 Å². The lowest BCUT2D eigenvalue weighted by Crippen LogP contribution is -2.51. The van der Waals surface area contributed by atoms with Crippen LogP contribution in [0.3, 0.4) is 0 Å². The first-order valence-corrected chi connectivity index (χ1v) is 11.0. The first-order valence-electron chi connectivity index (χ1n) is 11.0. The van der Waals surface area contributed by atoms with Gasteiger partial charge in [0.25, 0.3) is 0 Å². The molecule has 0 radical (unpaired) electrons. The second kappa shape index (κ2) is 12.0. The summed E-state index contributed by atoms with van der Waals surface area (Å²) in [5, 5.41) is 6.95. The number of hydrogen-bond acceptors (Lipinski definition) is 4. The molecule has 3 aromatic rings. The van der Waals surface area contributed by atoms with Crippen LogP contribution in [0, 0.1) is 0 Å². The predicted octanol–water partition coefficient (Wildman–Crippen LogP) is 4.68. The van der Waals surface area contributed by atoms with Crippen LogP contribution in [0.5, 0.6) is 0 Å². The Morgan fingerprint density at radius 3 is 2.53 bits per heavy atom. The van der Waals surface area contributed by atoms with Gasteiger partial charge >= 0.3 is 0 Å². The maximum absolute atomic E-state index is 5.62. The Hall–Kier alpha value is -2.39. The van der Waals surface area contributed by atoms with Crippen molar-refractivity contribution in [2.45, 2.75) is 44.9 Å². The smallest absolute Gasteiger partial charge is 0.226 e. The van der Waals surface area contributed by atoms with E-state index in [0.29, 0.717) is 24.5 Å². The molecular weight excluding hydrogens is 513 g/mol. The molecule has 32 heavy (non-hydrogen) atoms. The molecule has 0 amide bonds. The fourth-order valence-electron chi connectivity index (χ4n) is 4.07. The fraction of sp³-hybridized carbons (Fsp3) is 0.360. The summed E-state index contributed by atoms with van der Waals surface area (Å²) >= 11 is 0. The minimum absolute atomic E-state index is 0. The van der Waals surface area contributed by atoms with Crippen molar-refractivity contribution in [1.82, 2.24) is 20.5 Å². The van der Waals surface area contributed by atoms with Gasteiger partial charge in [0.1, 0.15) is 6.26 Å². The third kappa shape index (κ3) is 6.56. The van der Waals surface area contributed by atoms with E-state index in [-0.39, 0.29) is 24.0 Å². The standard InChI is InChI=1S/C25H31N5O.HI/c1-19-15-22(13-14-30(19)17-20-9-5-3-6-10-20)29-25(26-2)27-16-23-18-31-24(28-23)21-11-7-4-8-12-21;/h3-12,18-19,22H,13-17H2,1-2H3,(H2,26,27,29);1H. The van der Waals surface area contributed by atoms with E-state index in [2.05, 4.69) is 62.8 Å². The average Bonchev–Trinajstić information content (AvgIpc) is 3.29. The number of benzene rings is 2. The summed E-state index contributed by atoms with van der Waals surface area (Å²) in [6.45, 7) is 4.97. The van der Waals surface area contributed by atoms with Gasteiger partial charge in [0, 0.05) is 37.8 Å². The molecule has 6 nitrogen and oxygen atoms in total. The number of nitrogens with one attached hydrogen (secondary N) is 2. The van der Waals surface area contributed by atoms with E-state index in [4.69, 9.17) is 4.42 Å². The van der Waals surface area contributed by atoms with Crippen LogP contribution in [0.25, 0.3) is 11.5 Å². The normalized spacial score (nSPS) is 19.2. The first-order chi connectivity index (χ1) is 15.2. The fourth-order valence-corrected chi connectivity index (χ4v) is 4.07. The molecule has 0 aliphatic carbocycles. The summed E-state index contributed by atoms with van der Waals surface area (Å²) in [5.41, 5.74) is 3.21. The second-order valence-electron chi connectivity index (χ2n) is 8.11. The van der Waals surface area contributed by atoms with Gasteiger partial charge in [-0.3, -0.25) is 9.89 Å². The summed E-state index contributed by atoms with van der Waals surface area (Å²) in [4.78, 5) is 11.5. The van der Waals surface area contributed by atoms with Crippen LogP contribution in [0.15, 0.2) is 76.3 Å². The molecule has 7 heteroatoms. The monoisotopic (exact) mass is 545 g/mol. The minimum Gasteiger partial charge on any atom is -0.444 e. The molecule has 170 valence electrons. The Labute approximate surface area is 207 Å². The highest BCUT2D eigenvalue weighted by molar-refractivity contribution is 14.0. The quantitative estimate of drug-likeness (QED) is 0.268. The highest BCUT2D eigenvalue weighted by Gasteiger charge is 2.26. The molecule has 2 aromatic carbocycles. The van der Waals surface area contributed by atoms with Crippen LogP contribution in [-0.2, 0) is 13.1 Å². The van der Waals surface area contributed by atoms with Gasteiger partial charge in [-0.05, 0) is 37.5 Å². The number of nitrogens with zero attached hydrogens (tertiary/aromatic N) is 3. The van der Waals surface area contributed by atoms with E-state index in [1.807, 2.05) is 37.4 Å². The number of piperidine rings is 1.